The summed E-state index contributed by atoms with van der Waals surface area (Å²) in [7, 11) is 0. The maximum Gasteiger partial charge on any atom is 0.350 e. The van der Waals surface area contributed by atoms with Crippen LogP contribution in [-0.4, -0.2) is 26.0 Å². The van der Waals surface area contributed by atoms with Gasteiger partial charge in [-0.05, 0) is 29.8 Å². The molecule has 4 aromatic rings. The van der Waals surface area contributed by atoms with Crippen LogP contribution in [0.3, 0.4) is 0 Å². The Balaban J connectivity index is 1.75. The Bertz CT molecular complexity index is 1650. The van der Waals surface area contributed by atoms with Crippen LogP contribution in [-0.2, 0) is 16.8 Å². The number of esters is 1. The molecule has 0 amide bonds. The summed E-state index contributed by atoms with van der Waals surface area (Å²) in [6, 6.07) is 17.7. The van der Waals surface area contributed by atoms with Gasteiger partial charge in [-0.1, -0.05) is 30.3 Å². The molecule has 0 fully saturated rings. The molecule has 38 heavy (non-hydrogen) atoms. The van der Waals surface area contributed by atoms with Gasteiger partial charge in [0.15, 0.2) is 5.60 Å². The third-order valence-corrected chi connectivity index (χ3v) is 6.72. The Hall–Kier alpha value is -5.45. The van der Waals surface area contributed by atoms with Gasteiger partial charge < -0.3 is 19.7 Å². The van der Waals surface area contributed by atoms with Gasteiger partial charge in [0.05, 0.1) is 21.0 Å². The fraction of sp³-hybridized carbons (Fsp3) is 0.0741. The zero-order chi connectivity index (χ0) is 26.8. The zero-order valence-corrected chi connectivity index (χ0v) is 19.3. The van der Waals surface area contributed by atoms with Gasteiger partial charge in [-0.2, -0.15) is 0 Å². The molecule has 2 N–H and O–H groups in total. The molecule has 11 heteroatoms. The van der Waals surface area contributed by atoms with Crippen molar-refractivity contribution in [2.24, 2.45) is 0 Å². The highest BCUT2D eigenvalue weighted by Crippen LogP contribution is 2.59. The molecule has 2 heterocycles. The number of nitro groups is 2. The maximum absolute atomic E-state index is 13.6. The second kappa shape index (κ2) is 8.03. The molecule has 11 nitrogen and oxygen atoms in total. The molecule has 4 aromatic carbocycles. The largest absolute Gasteiger partial charge is 0.508 e. The van der Waals surface area contributed by atoms with E-state index in [1.54, 1.807) is 30.3 Å². The van der Waals surface area contributed by atoms with Crippen LogP contribution in [0.4, 0.5) is 11.4 Å². The van der Waals surface area contributed by atoms with Crippen molar-refractivity contribution in [3.8, 4) is 23.0 Å². The number of nitrogens with zero attached hydrogens (tertiary/aromatic N) is 2. The van der Waals surface area contributed by atoms with Gasteiger partial charge in [-0.15, -0.1) is 0 Å². The van der Waals surface area contributed by atoms with E-state index in [2.05, 4.69) is 0 Å². The van der Waals surface area contributed by atoms with Crippen molar-refractivity contribution in [1.82, 2.24) is 0 Å². The Kier molecular flexibility index (Phi) is 4.86. The van der Waals surface area contributed by atoms with E-state index in [9.17, 15) is 35.2 Å². The number of aromatic hydroxyl groups is 2. The number of hydrogen-bond donors (Lipinski definition) is 2. The number of nitro benzene ring substituents is 2. The maximum atomic E-state index is 13.6. The molecular weight excluding hydrogens is 496 g/mol. The summed E-state index contributed by atoms with van der Waals surface area (Å²) in [6.07, 6.45) is -0.145. The van der Waals surface area contributed by atoms with E-state index in [0.717, 1.165) is 6.07 Å². The molecule has 0 aromatic heterocycles. The first-order chi connectivity index (χ1) is 18.2. The normalized spacial score (nSPS) is 14.2. The average molecular weight is 512 g/mol. The number of rotatable bonds is 4. The first-order valence-corrected chi connectivity index (χ1v) is 11.3. The van der Waals surface area contributed by atoms with Gasteiger partial charge in [-0.25, -0.2) is 4.79 Å². The minimum atomic E-state index is -1.80. The van der Waals surface area contributed by atoms with Crippen molar-refractivity contribution < 1.29 is 34.3 Å². The third kappa shape index (κ3) is 3.18. The number of phenolic OH excluding ortho intramolecular Hbond substituents is 2. The lowest BCUT2D eigenvalue weighted by Crippen LogP contribution is -2.33. The standard InChI is InChI=1S/C27H16N2O9/c30-15-6-8-18-22(11-15)37-23-12-16(31)7-9-19(23)27(18)20-13-21(28(33)34)25(29(35)36)17(24(20)26(32)38-27)10-14-4-2-1-3-5-14/h1-9,11-13,30-31H,10H2. The number of fused-ring (bicyclic) bond motifs is 6. The molecule has 0 atom stereocenters. The number of hydrogen-bond acceptors (Lipinski definition) is 9. The van der Waals surface area contributed by atoms with E-state index >= 15 is 0 Å². The molecule has 2 aliphatic heterocycles. The number of carbonyl (C=O) groups is 1. The minimum absolute atomic E-state index is 0.0212. The van der Waals surface area contributed by atoms with Gasteiger partial charge >= 0.3 is 17.3 Å². The summed E-state index contributed by atoms with van der Waals surface area (Å²) in [4.78, 5) is 36.2. The van der Waals surface area contributed by atoms with Crippen LogP contribution in [0.25, 0.3) is 0 Å². The number of phenols is 2. The first-order valence-electron chi connectivity index (χ1n) is 11.3. The van der Waals surface area contributed by atoms with Crippen molar-refractivity contribution in [3.05, 3.63) is 126 Å². The predicted molar refractivity (Wildman–Crippen MR) is 131 cm³/mol. The Morgan fingerprint density at radius 2 is 1.39 bits per heavy atom. The van der Waals surface area contributed by atoms with E-state index in [1.807, 2.05) is 0 Å². The van der Waals surface area contributed by atoms with Crippen molar-refractivity contribution in [1.29, 1.82) is 0 Å². The monoisotopic (exact) mass is 512 g/mol. The van der Waals surface area contributed by atoms with Crippen LogP contribution < -0.4 is 4.74 Å². The van der Waals surface area contributed by atoms with Gasteiger partial charge in [0.2, 0.25) is 0 Å². The number of benzene rings is 4. The summed E-state index contributed by atoms with van der Waals surface area (Å²) in [5.41, 5.74) is -2.61. The molecule has 0 saturated heterocycles. The fourth-order valence-corrected chi connectivity index (χ4v) is 5.22. The second-order valence-corrected chi connectivity index (χ2v) is 8.86. The van der Waals surface area contributed by atoms with Crippen LogP contribution in [0.1, 0.15) is 38.2 Å². The van der Waals surface area contributed by atoms with E-state index in [0.29, 0.717) is 5.56 Å². The summed E-state index contributed by atoms with van der Waals surface area (Å²) in [5, 5.41) is 44.5. The highest BCUT2D eigenvalue weighted by molar-refractivity contribution is 6.01. The molecule has 2 aliphatic rings. The zero-order valence-electron chi connectivity index (χ0n) is 19.3. The van der Waals surface area contributed by atoms with Gasteiger partial charge in [0.1, 0.15) is 23.0 Å². The molecular formula is C27H16N2O9. The van der Waals surface area contributed by atoms with Crippen molar-refractivity contribution in [2.75, 3.05) is 0 Å². The Labute approximate surface area is 213 Å². The van der Waals surface area contributed by atoms with Crippen LogP contribution in [0.15, 0.2) is 72.8 Å². The number of carbonyl (C=O) groups excluding carboxylic acids is 1. The van der Waals surface area contributed by atoms with Crippen molar-refractivity contribution in [2.45, 2.75) is 12.0 Å². The van der Waals surface area contributed by atoms with Gasteiger partial charge in [0.25, 0.3) is 0 Å². The molecule has 0 radical (unpaired) electrons. The second-order valence-electron chi connectivity index (χ2n) is 8.86. The van der Waals surface area contributed by atoms with Gasteiger partial charge in [0, 0.05) is 41.3 Å². The summed E-state index contributed by atoms with van der Waals surface area (Å²) >= 11 is 0. The van der Waals surface area contributed by atoms with Crippen LogP contribution in [0, 0.1) is 20.2 Å². The van der Waals surface area contributed by atoms with Crippen molar-refractivity contribution >= 4 is 17.3 Å². The molecule has 6 rings (SSSR count). The van der Waals surface area contributed by atoms with Crippen molar-refractivity contribution in [3.63, 3.8) is 0 Å². The quantitative estimate of drug-likeness (QED) is 0.216. The van der Waals surface area contributed by atoms with Crippen LogP contribution >= 0.6 is 0 Å². The highest BCUT2D eigenvalue weighted by atomic mass is 16.6. The van der Waals surface area contributed by atoms with Crippen LogP contribution in [0.2, 0.25) is 0 Å². The Morgan fingerprint density at radius 1 is 0.789 bits per heavy atom. The molecule has 0 unspecified atom stereocenters. The SMILES string of the molecule is O=C1OC2(c3ccc(O)cc3Oc3cc(O)ccc32)c2cc([N+](=O)[O-])c([N+](=O)[O-])c(Cc3ccccc3)c21. The van der Waals surface area contributed by atoms with E-state index in [4.69, 9.17) is 9.47 Å². The predicted octanol–water partition coefficient (Wildman–Crippen LogP) is 5.07. The minimum Gasteiger partial charge on any atom is -0.508 e. The van der Waals surface area contributed by atoms with E-state index in [-0.39, 0.29) is 57.2 Å². The summed E-state index contributed by atoms with van der Waals surface area (Å²) in [6.45, 7) is 0. The first kappa shape index (κ1) is 23.0. The molecule has 0 bridgehead atoms. The molecule has 188 valence electrons. The van der Waals surface area contributed by atoms with Crippen LogP contribution in [0.5, 0.6) is 23.0 Å². The number of ether oxygens (including phenoxy) is 2. The fourth-order valence-electron chi connectivity index (χ4n) is 5.22. The van der Waals surface area contributed by atoms with E-state index < -0.39 is 32.8 Å². The summed E-state index contributed by atoms with van der Waals surface area (Å²) in [5.74, 6) is -1.08. The lowest BCUT2D eigenvalue weighted by atomic mass is 9.76. The lowest BCUT2D eigenvalue weighted by Gasteiger charge is -2.36. The third-order valence-electron chi connectivity index (χ3n) is 6.72. The smallest absolute Gasteiger partial charge is 0.350 e. The average Bonchev–Trinajstić information content (AvgIpc) is 3.16. The summed E-state index contributed by atoms with van der Waals surface area (Å²) < 4.78 is 11.9. The van der Waals surface area contributed by atoms with Gasteiger partial charge in [-0.3, -0.25) is 20.2 Å². The highest BCUT2D eigenvalue weighted by Gasteiger charge is 2.56. The van der Waals surface area contributed by atoms with E-state index in [1.165, 1.54) is 36.4 Å². The topological polar surface area (TPSA) is 162 Å². The molecule has 1 spiro atoms. The molecule has 0 aliphatic carbocycles. The molecule has 0 saturated carbocycles. The lowest BCUT2D eigenvalue weighted by molar-refractivity contribution is -0.423. The Morgan fingerprint density at radius 3 is 1.95 bits per heavy atom.